The molecule has 0 aliphatic carbocycles. The number of halogens is 1. The highest BCUT2D eigenvalue weighted by Gasteiger charge is 2.14. The molecule has 1 heterocycles. The van der Waals surface area contributed by atoms with Crippen LogP contribution in [-0.2, 0) is 0 Å². The largest absolute Gasteiger partial charge is 0.309 e. The first-order valence-electron chi connectivity index (χ1n) is 6.73. The fourth-order valence-corrected chi connectivity index (χ4v) is 3.28. The third kappa shape index (κ3) is 3.43. The molecule has 2 aromatic rings. The first-order chi connectivity index (χ1) is 9.13. The summed E-state index contributed by atoms with van der Waals surface area (Å²) in [6.07, 6.45) is 1.95. The summed E-state index contributed by atoms with van der Waals surface area (Å²) in [5, 5.41) is 4.49. The van der Waals surface area contributed by atoms with Crippen LogP contribution < -0.4 is 5.32 Å². The van der Waals surface area contributed by atoms with E-state index in [9.17, 15) is 4.39 Å². The van der Waals surface area contributed by atoms with E-state index < -0.39 is 0 Å². The second-order valence-corrected chi connectivity index (χ2v) is 5.86. The van der Waals surface area contributed by atoms with Crippen LogP contribution in [0.1, 0.15) is 37.6 Å². The molecular weight excluding hydrogens is 257 g/mol. The van der Waals surface area contributed by atoms with Gasteiger partial charge in [-0.15, -0.1) is 11.3 Å². The van der Waals surface area contributed by atoms with Gasteiger partial charge in [-0.1, -0.05) is 26.0 Å². The third-order valence-electron chi connectivity index (χ3n) is 3.28. The first-order valence-corrected chi connectivity index (χ1v) is 7.54. The lowest BCUT2D eigenvalue weighted by atomic mass is 10.0. The lowest BCUT2D eigenvalue weighted by molar-refractivity contribution is 0.551. The summed E-state index contributed by atoms with van der Waals surface area (Å²) < 4.78 is 14.4. The summed E-state index contributed by atoms with van der Waals surface area (Å²) in [7, 11) is 0. The van der Waals surface area contributed by atoms with Crippen molar-refractivity contribution in [1.82, 2.24) is 5.32 Å². The molecule has 102 valence electrons. The van der Waals surface area contributed by atoms with Gasteiger partial charge in [0.2, 0.25) is 0 Å². The van der Waals surface area contributed by atoms with Crippen LogP contribution in [0, 0.1) is 5.82 Å². The molecule has 0 bridgehead atoms. The summed E-state index contributed by atoms with van der Waals surface area (Å²) in [5.41, 5.74) is 1.24. The van der Waals surface area contributed by atoms with Gasteiger partial charge < -0.3 is 5.32 Å². The zero-order chi connectivity index (χ0) is 13.8. The SMILES string of the molecule is C=C(CC)CC(NCC)c1cc2cc(F)ccc2s1. The van der Waals surface area contributed by atoms with Gasteiger partial charge in [-0.3, -0.25) is 0 Å². The second-order valence-electron chi connectivity index (χ2n) is 4.75. The van der Waals surface area contributed by atoms with E-state index in [0.29, 0.717) is 0 Å². The minimum absolute atomic E-state index is 0.171. The Morgan fingerprint density at radius 1 is 1.37 bits per heavy atom. The molecule has 1 aromatic heterocycles. The predicted molar refractivity (Wildman–Crippen MR) is 82.2 cm³/mol. The van der Waals surface area contributed by atoms with E-state index in [1.807, 2.05) is 6.07 Å². The van der Waals surface area contributed by atoms with Crippen molar-refractivity contribution in [2.24, 2.45) is 0 Å². The molecule has 1 nitrogen and oxygen atoms in total. The number of nitrogens with one attached hydrogen (secondary N) is 1. The molecule has 1 unspecified atom stereocenters. The van der Waals surface area contributed by atoms with E-state index in [0.717, 1.165) is 29.5 Å². The fourth-order valence-electron chi connectivity index (χ4n) is 2.16. The van der Waals surface area contributed by atoms with Gasteiger partial charge in [0.15, 0.2) is 0 Å². The van der Waals surface area contributed by atoms with Gasteiger partial charge in [0, 0.05) is 15.6 Å². The average Bonchev–Trinajstić information content (AvgIpc) is 2.80. The van der Waals surface area contributed by atoms with Gasteiger partial charge in [0.05, 0.1) is 0 Å². The van der Waals surface area contributed by atoms with E-state index in [-0.39, 0.29) is 11.9 Å². The monoisotopic (exact) mass is 277 g/mol. The van der Waals surface area contributed by atoms with E-state index in [1.165, 1.54) is 16.5 Å². The molecule has 1 atom stereocenters. The fraction of sp³-hybridized carbons (Fsp3) is 0.375. The molecule has 0 saturated carbocycles. The van der Waals surface area contributed by atoms with Crippen molar-refractivity contribution in [2.75, 3.05) is 6.54 Å². The Bertz CT molecular complexity index is 573. The van der Waals surface area contributed by atoms with Crippen LogP contribution in [-0.4, -0.2) is 6.54 Å². The molecule has 3 heteroatoms. The summed E-state index contributed by atoms with van der Waals surface area (Å²) in [6, 6.07) is 7.37. The highest BCUT2D eigenvalue weighted by atomic mass is 32.1. The van der Waals surface area contributed by atoms with Gasteiger partial charge in [-0.25, -0.2) is 4.39 Å². The van der Waals surface area contributed by atoms with Crippen molar-refractivity contribution in [3.05, 3.63) is 47.1 Å². The molecule has 0 saturated heterocycles. The van der Waals surface area contributed by atoms with Crippen LogP contribution >= 0.6 is 11.3 Å². The van der Waals surface area contributed by atoms with E-state index >= 15 is 0 Å². The predicted octanol–water partition coefficient (Wildman–Crippen LogP) is 5.05. The van der Waals surface area contributed by atoms with Gasteiger partial charge in [0.1, 0.15) is 5.82 Å². The molecule has 0 aliphatic rings. The topological polar surface area (TPSA) is 12.0 Å². The van der Waals surface area contributed by atoms with Crippen molar-refractivity contribution in [1.29, 1.82) is 0 Å². The molecule has 0 amide bonds. The number of hydrogen-bond donors (Lipinski definition) is 1. The maximum absolute atomic E-state index is 13.2. The van der Waals surface area contributed by atoms with Crippen LogP contribution in [0.4, 0.5) is 4.39 Å². The summed E-state index contributed by atoms with van der Waals surface area (Å²) >= 11 is 1.74. The highest BCUT2D eigenvalue weighted by molar-refractivity contribution is 7.19. The van der Waals surface area contributed by atoms with Crippen molar-refractivity contribution < 1.29 is 4.39 Å². The summed E-state index contributed by atoms with van der Waals surface area (Å²) in [5.74, 6) is -0.171. The number of fused-ring (bicyclic) bond motifs is 1. The maximum atomic E-state index is 13.2. The molecule has 0 fully saturated rings. The molecule has 0 spiro atoms. The molecule has 0 aliphatic heterocycles. The number of thiophene rings is 1. The van der Waals surface area contributed by atoms with Crippen LogP contribution in [0.5, 0.6) is 0 Å². The van der Waals surface area contributed by atoms with Crippen molar-refractivity contribution >= 4 is 21.4 Å². The number of benzene rings is 1. The third-order valence-corrected chi connectivity index (χ3v) is 4.51. The highest BCUT2D eigenvalue weighted by Crippen LogP contribution is 2.33. The lowest BCUT2D eigenvalue weighted by Gasteiger charge is -2.17. The van der Waals surface area contributed by atoms with Gasteiger partial charge in [-0.05, 0) is 49.0 Å². The summed E-state index contributed by atoms with van der Waals surface area (Å²) in [4.78, 5) is 1.26. The minimum Gasteiger partial charge on any atom is -0.309 e. The Labute approximate surface area is 118 Å². The molecule has 1 aromatic carbocycles. The van der Waals surface area contributed by atoms with Crippen LogP contribution in [0.15, 0.2) is 36.4 Å². The zero-order valence-electron chi connectivity index (χ0n) is 11.5. The van der Waals surface area contributed by atoms with E-state index in [1.54, 1.807) is 17.4 Å². The van der Waals surface area contributed by atoms with Crippen molar-refractivity contribution in [2.45, 2.75) is 32.7 Å². The number of rotatable bonds is 6. The minimum atomic E-state index is -0.171. The van der Waals surface area contributed by atoms with Crippen LogP contribution in [0.3, 0.4) is 0 Å². The summed E-state index contributed by atoms with van der Waals surface area (Å²) in [6.45, 7) is 9.25. The Morgan fingerprint density at radius 3 is 2.84 bits per heavy atom. The van der Waals surface area contributed by atoms with E-state index in [4.69, 9.17) is 0 Å². The Kier molecular flexibility index (Phi) is 4.72. The van der Waals surface area contributed by atoms with Gasteiger partial charge in [-0.2, -0.15) is 0 Å². The van der Waals surface area contributed by atoms with Crippen molar-refractivity contribution in [3.8, 4) is 0 Å². The van der Waals surface area contributed by atoms with Gasteiger partial charge >= 0.3 is 0 Å². The molecule has 0 radical (unpaired) electrons. The lowest BCUT2D eigenvalue weighted by Crippen LogP contribution is -2.20. The quantitative estimate of drug-likeness (QED) is 0.729. The second kappa shape index (κ2) is 6.31. The zero-order valence-corrected chi connectivity index (χ0v) is 12.3. The van der Waals surface area contributed by atoms with Crippen LogP contribution in [0.25, 0.3) is 10.1 Å². The normalized spacial score (nSPS) is 12.8. The Hall–Kier alpha value is -1.19. The van der Waals surface area contributed by atoms with E-state index in [2.05, 4.69) is 31.8 Å². The maximum Gasteiger partial charge on any atom is 0.123 e. The Balaban J connectivity index is 2.30. The average molecular weight is 277 g/mol. The Morgan fingerprint density at radius 2 is 2.16 bits per heavy atom. The van der Waals surface area contributed by atoms with Crippen LogP contribution in [0.2, 0.25) is 0 Å². The molecule has 19 heavy (non-hydrogen) atoms. The van der Waals surface area contributed by atoms with Crippen molar-refractivity contribution in [3.63, 3.8) is 0 Å². The first kappa shape index (κ1) is 14.2. The smallest absolute Gasteiger partial charge is 0.123 e. The molecular formula is C16H20FNS. The molecule has 2 rings (SSSR count). The molecule has 1 N–H and O–H groups in total. The number of hydrogen-bond acceptors (Lipinski definition) is 2. The van der Waals surface area contributed by atoms with Gasteiger partial charge in [0.25, 0.3) is 0 Å². The standard InChI is InChI=1S/C16H20FNS/c1-4-11(3)8-14(18-5-2)16-10-12-9-13(17)6-7-15(12)19-16/h6-7,9-10,14,18H,3-5,8H2,1-2H3.